The zero-order chi connectivity index (χ0) is 20.4. The van der Waals surface area contributed by atoms with Gasteiger partial charge in [-0.05, 0) is 19.1 Å². The quantitative estimate of drug-likeness (QED) is 0.566. The summed E-state index contributed by atoms with van der Waals surface area (Å²) < 4.78 is 8.06. The van der Waals surface area contributed by atoms with E-state index in [2.05, 4.69) is 15.4 Å². The van der Waals surface area contributed by atoms with Crippen LogP contribution in [0.15, 0.2) is 65.5 Å². The number of rotatable bonds is 5. The van der Waals surface area contributed by atoms with Gasteiger partial charge >= 0.3 is 0 Å². The molecule has 1 N–H and O–H groups in total. The number of benzene rings is 2. The van der Waals surface area contributed by atoms with E-state index in [4.69, 9.17) is 4.74 Å². The Balaban J connectivity index is 1.68. The lowest BCUT2D eigenvalue weighted by atomic mass is 10.2. The molecule has 0 spiro atoms. The van der Waals surface area contributed by atoms with Gasteiger partial charge in [0.15, 0.2) is 5.82 Å². The molecule has 0 fully saturated rings. The molecule has 146 valence electrons. The average Bonchev–Trinajstić information content (AvgIpc) is 3.18. The Morgan fingerprint density at radius 3 is 2.66 bits per heavy atom. The summed E-state index contributed by atoms with van der Waals surface area (Å²) in [4.78, 5) is 29.5. The lowest BCUT2D eigenvalue weighted by molar-refractivity contribution is -0.116. The van der Waals surface area contributed by atoms with Crippen LogP contribution < -0.4 is 15.6 Å². The second-order valence-corrected chi connectivity index (χ2v) is 6.50. The normalized spacial score (nSPS) is 10.8. The molecule has 0 aliphatic heterocycles. The molecule has 8 nitrogen and oxygen atoms in total. The maximum absolute atomic E-state index is 12.6. The predicted molar refractivity (Wildman–Crippen MR) is 109 cm³/mol. The first-order valence-electron chi connectivity index (χ1n) is 9.02. The van der Waals surface area contributed by atoms with E-state index in [-0.39, 0.29) is 18.0 Å². The molecule has 4 rings (SSSR count). The van der Waals surface area contributed by atoms with Crippen LogP contribution in [0.4, 0.5) is 5.69 Å². The molecule has 0 bridgehead atoms. The molecule has 4 aromatic rings. The van der Waals surface area contributed by atoms with Crippen molar-refractivity contribution in [3.8, 4) is 17.1 Å². The minimum atomic E-state index is -0.295. The topological polar surface area (TPSA) is 90.5 Å². The Hall–Kier alpha value is -3.94. The highest BCUT2D eigenvalue weighted by molar-refractivity contribution is 5.91. The molecule has 0 radical (unpaired) electrons. The van der Waals surface area contributed by atoms with E-state index in [0.717, 1.165) is 5.56 Å². The first-order valence-corrected chi connectivity index (χ1v) is 9.02. The Morgan fingerprint density at radius 2 is 1.90 bits per heavy atom. The van der Waals surface area contributed by atoms with Crippen LogP contribution in [0.5, 0.6) is 5.75 Å². The maximum atomic E-state index is 12.6. The van der Waals surface area contributed by atoms with Crippen LogP contribution in [0.25, 0.3) is 17.2 Å². The zero-order valence-electron chi connectivity index (χ0n) is 16.0. The molecule has 2 heterocycles. The first-order chi connectivity index (χ1) is 14.0. The van der Waals surface area contributed by atoms with Crippen molar-refractivity contribution in [2.24, 2.45) is 0 Å². The number of nitrogens with one attached hydrogen (secondary N) is 1. The third-order valence-corrected chi connectivity index (χ3v) is 4.49. The number of ether oxygens (including phenoxy) is 1. The fraction of sp³-hybridized carbons (Fsp3) is 0.143. The summed E-state index contributed by atoms with van der Waals surface area (Å²) in [6.07, 6.45) is 0. The van der Waals surface area contributed by atoms with Crippen molar-refractivity contribution in [2.75, 3.05) is 12.4 Å². The van der Waals surface area contributed by atoms with Crippen LogP contribution >= 0.6 is 0 Å². The minimum Gasteiger partial charge on any atom is -0.497 e. The van der Waals surface area contributed by atoms with Crippen molar-refractivity contribution in [2.45, 2.75) is 13.5 Å². The highest BCUT2D eigenvalue weighted by atomic mass is 16.5. The van der Waals surface area contributed by atoms with Crippen LogP contribution in [0.3, 0.4) is 0 Å². The molecule has 29 heavy (non-hydrogen) atoms. The standard InChI is InChI=1S/C21H19N5O3/c1-14-11-19(28)26-21(23-20(24-26)15-7-4-3-5-8-15)25(14)13-18(27)22-16-9-6-10-17(12-16)29-2/h3-12H,13H2,1-2H3,(H,22,27). The zero-order valence-corrected chi connectivity index (χ0v) is 16.0. The fourth-order valence-electron chi connectivity index (χ4n) is 3.05. The van der Waals surface area contributed by atoms with Crippen molar-refractivity contribution >= 4 is 17.4 Å². The van der Waals surface area contributed by atoms with Crippen LogP contribution in [0, 0.1) is 6.92 Å². The summed E-state index contributed by atoms with van der Waals surface area (Å²) in [5.74, 6) is 1.13. The van der Waals surface area contributed by atoms with Gasteiger partial charge in [0.25, 0.3) is 5.56 Å². The van der Waals surface area contributed by atoms with Gasteiger partial charge in [0, 0.05) is 29.1 Å². The third kappa shape index (κ3) is 3.73. The van der Waals surface area contributed by atoms with Gasteiger partial charge in [0.1, 0.15) is 12.3 Å². The Morgan fingerprint density at radius 1 is 1.10 bits per heavy atom. The van der Waals surface area contributed by atoms with Crippen molar-refractivity contribution in [3.05, 3.63) is 76.7 Å². The van der Waals surface area contributed by atoms with E-state index in [1.165, 1.54) is 10.6 Å². The molecule has 2 aromatic carbocycles. The van der Waals surface area contributed by atoms with Gasteiger partial charge in [-0.3, -0.25) is 9.59 Å². The lowest BCUT2D eigenvalue weighted by Crippen LogP contribution is -2.25. The first kappa shape index (κ1) is 18.4. The number of anilines is 1. The van der Waals surface area contributed by atoms with E-state index in [1.54, 1.807) is 42.9 Å². The average molecular weight is 389 g/mol. The number of carbonyl (C=O) groups excluding carboxylic acids is 1. The highest BCUT2D eigenvalue weighted by Crippen LogP contribution is 2.18. The van der Waals surface area contributed by atoms with E-state index in [9.17, 15) is 9.59 Å². The van der Waals surface area contributed by atoms with Gasteiger partial charge in [0.2, 0.25) is 11.7 Å². The number of methoxy groups -OCH3 is 1. The third-order valence-electron chi connectivity index (χ3n) is 4.49. The number of hydrogen-bond donors (Lipinski definition) is 1. The second kappa shape index (κ2) is 7.59. The number of aromatic nitrogens is 4. The van der Waals surface area contributed by atoms with Gasteiger partial charge in [-0.2, -0.15) is 9.50 Å². The Kier molecular flexibility index (Phi) is 4.82. The molecule has 0 atom stereocenters. The SMILES string of the molecule is COc1cccc(NC(=O)Cn2c(C)cc(=O)n3nc(-c4ccccc4)nc23)c1. The van der Waals surface area contributed by atoms with Crippen LogP contribution in [0.2, 0.25) is 0 Å². The van der Waals surface area contributed by atoms with Gasteiger partial charge in [-0.15, -0.1) is 5.10 Å². The summed E-state index contributed by atoms with van der Waals surface area (Å²) in [6.45, 7) is 1.75. The number of carbonyl (C=O) groups is 1. The minimum absolute atomic E-state index is 0.0141. The highest BCUT2D eigenvalue weighted by Gasteiger charge is 2.15. The second-order valence-electron chi connectivity index (χ2n) is 6.50. The molecule has 0 saturated heterocycles. The van der Waals surface area contributed by atoms with Gasteiger partial charge in [0.05, 0.1) is 7.11 Å². The molecule has 2 aromatic heterocycles. The van der Waals surface area contributed by atoms with Gasteiger partial charge in [-0.25, -0.2) is 0 Å². The number of nitrogens with zero attached hydrogens (tertiary/aromatic N) is 4. The molecular weight excluding hydrogens is 370 g/mol. The summed E-state index contributed by atoms with van der Waals surface area (Å²) in [6, 6.07) is 17.9. The van der Waals surface area contributed by atoms with E-state index >= 15 is 0 Å². The Labute approximate surface area is 166 Å². The summed E-state index contributed by atoms with van der Waals surface area (Å²) in [7, 11) is 1.57. The summed E-state index contributed by atoms with van der Waals surface area (Å²) in [5, 5.41) is 7.16. The summed E-state index contributed by atoms with van der Waals surface area (Å²) in [5.41, 5.74) is 1.74. The van der Waals surface area contributed by atoms with Crippen LogP contribution in [0.1, 0.15) is 5.69 Å². The molecular formula is C21H19N5O3. The molecule has 1 amide bonds. The Bertz CT molecular complexity index is 1240. The van der Waals surface area contributed by atoms with Crippen molar-refractivity contribution < 1.29 is 9.53 Å². The number of amides is 1. The van der Waals surface area contributed by atoms with Crippen LogP contribution in [-0.2, 0) is 11.3 Å². The van der Waals surface area contributed by atoms with Crippen LogP contribution in [-0.4, -0.2) is 32.2 Å². The van der Waals surface area contributed by atoms with Crippen molar-refractivity contribution in [1.82, 2.24) is 19.2 Å². The smallest absolute Gasteiger partial charge is 0.275 e. The maximum Gasteiger partial charge on any atom is 0.275 e. The lowest BCUT2D eigenvalue weighted by Gasteiger charge is -2.12. The predicted octanol–water partition coefficient (Wildman–Crippen LogP) is 2.51. The van der Waals surface area contributed by atoms with Gasteiger partial charge in [-0.1, -0.05) is 36.4 Å². The molecule has 0 unspecified atom stereocenters. The van der Waals surface area contributed by atoms with Crippen molar-refractivity contribution in [1.29, 1.82) is 0 Å². The number of fused-ring (bicyclic) bond motifs is 1. The number of hydrogen-bond acceptors (Lipinski definition) is 5. The largest absolute Gasteiger partial charge is 0.497 e. The van der Waals surface area contributed by atoms with E-state index in [0.29, 0.717) is 28.7 Å². The van der Waals surface area contributed by atoms with E-state index < -0.39 is 0 Å². The summed E-state index contributed by atoms with van der Waals surface area (Å²) >= 11 is 0. The van der Waals surface area contributed by atoms with Gasteiger partial charge < -0.3 is 14.6 Å². The molecule has 0 aliphatic carbocycles. The molecule has 0 aliphatic rings. The van der Waals surface area contributed by atoms with E-state index in [1.807, 2.05) is 30.3 Å². The molecule has 8 heteroatoms. The molecule has 0 saturated carbocycles. The monoisotopic (exact) mass is 389 g/mol. The van der Waals surface area contributed by atoms with Crippen molar-refractivity contribution in [3.63, 3.8) is 0 Å². The fourth-order valence-corrected chi connectivity index (χ4v) is 3.05. The number of aryl methyl sites for hydroxylation is 1.